The minimum atomic E-state index is -4.67. The number of fused-ring (bicyclic) bond motifs is 1. The molecule has 1 aliphatic heterocycles. The Bertz CT molecular complexity index is 2010. The summed E-state index contributed by atoms with van der Waals surface area (Å²) in [6.07, 6.45) is 1.00. The van der Waals surface area contributed by atoms with Gasteiger partial charge in [0.1, 0.15) is 20.7 Å². The molecule has 4 heterocycles. The van der Waals surface area contributed by atoms with E-state index in [2.05, 4.69) is 25.5 Å². The zero-order valence-electron chi connectivity index (χ0n) is 25.8. The van der Waals surface area contributed by atoms with Gasteiger partial charge in [-0.3, -0.25) is 14.9 Å². The minimum absolute atomic E-state index is 0.0162. The predicted octanol–water partition coefficient (Wildman–Crippen LogP) is 5.23. The number of rotatable bonds is 9. The number of hydrogen-bond donors (Lipinski definition) is 2. The number of ketones is 1. The Morgan fingerprint density at radius 2 is 1.94 bits per heavy atom. The van der Waals surface area contributed by atoms with Gasteiger partial charge in [0, 0.05) is 66.2 Å². The Balaban J connectivity index is 1.62. The number of alkyl halides is 3. The van der Waals surface area contributed by atoms with E-state index in [-0.39, 0.29) is 39.1 Å². The number of nitrogens with zero attached hydrogens (tertiary/aromatic N) is 4. The van der Waals surface area contributed by atoms with Gasteiger partial charge >= 0.3 is 12.2 Å². The van der Waals surface area contributed by atoms with Crippen molar-refractivity contribution in [2.45, 2.75) is 38.9 Å². The number of carbonyl (C=O) groups excluding carboxylic acids is 2. The number of likely N-dealkylation sites (tertiary alicyclic amines) is 1. The summed E-state index contributed by atoms with van der Waals surface area (Å²) in [5.74, 6) is -0.325. The van der Waals surface area contributed by atoms with Gasteiger partial charge in [-0.25, -0.2) is 23.2 Å². The van der Waals surface area contributed by atoms with Crippen molar-refractivity contribution in [2.75, 3.05) is 43.5 Å². The van der Waals surface area contributed by atoms with E-state index in [1.165, 1.54) is 25.4 Å². The molecule has 1 unspecified atom stereocenters. The molecule has 5 rings (SSSR count). The molecule has 3 aromatic heterocycles. The molecular weight excluding hydrogens is 658 g/mol. The number of aromatic nitrogens is 3. The number of carbonyl (C=O) groups is 2. The average molecular weight is 691 g/mol. The lowest BCUT2D eigenvalue weighted by Crippen LogP contribution is -2.39. The van der Waals surface area contributed by atoms with Crippen LogP contribution in [-0.2, 0) is 16.0 Å². The van der Waals surface area contributed by atoms with Crippen molar-refractivity contribution in [3.8, 4) is 21.7 Å². The minimum Gasteiger partial charge on any atom is -0.342 e. The Morgan fingerprint density at radius 3 is 2.60 bits per heavy atom. The van der Waals surface area contributed by atoms with Gasteiger partial charge in [-0.05, 0) is 57.0 Å². The highest BCUT2D eigenvalue weighted by Crippen LogP contribution is 2.39. The molecule has 1 atom stereocenters. The van der Waals surface area contributed by atoms with Crippen molar-refractivity contribution in [2.24, 2.45) is 0 Å². The first kappa shape index (κ1) is 34.2. The highest BCUT2D eigenvalue weighted by molar-refractivity contribution is 7.90. The Hall–Kier alpha value is -4.15. The van der Waals surface area contributed by atoms with E-state index < -0.39 is 39.0 Å². The second-order valence-electron chi connectivity index (χ2n) is 11.4. The second kappa shape index (κ2) is 13.5. The lowest BCUT2D eigenvalue weighted by molar-refractivity contribution is -0.140. The number of halogens is 3. The van der Waals surface area contributed by atoms with Crippen molar-refractivity contribution in [3.63, 3.8) is 0 Å². The van der Waals surface area contributed by atoms with E-state index in [4.69, 9.17) is 0 Å². The van der Waals surface area contributed by atoms with Crippen molar-refractivity contribution in [3.05, 3.63) is 63.5 Å². The molecule has 0 bridgehead atoms. The number of benzene rings is 1. The lowest BCUT2D eigenvalue weighted by atomic mass is 9.97. The van der Waals surface area contributed by atoms with Gasteiger partial charge in [0.05, 0.1) is 16.8 Å². The van der Waals surface area contributed by atoms with E-state index in [0.29, 0.717) is 36.3 Å². The normalized spacial score (nSPS) is 15.9. The molecule has 0 aliphatic carbocycles. The Kier molecular flexibility index (Phi) is 9.84. The first-order valence-corrected chi connectivity index (χ1v) is 17.8. The molecule has 0 spiro atoms. The van der Waals surface area contributed by atoms with Gasteiger partial charge in [-0.1, -0.05) is 6.07 Å². The number of thiazole rings is 1. The Labute approximate surface area is 272 Å². The van der Waals surface area contributed by atoms with Gasteiger partial charge in [0.25, 0.3) is 0 Å². The van der Waals surface area contributed by atoms with E-state index in [1.807, 2.05) is 4.57 Å². The average Bonchev–Trinajstić information content (AvgIpc) is 3.51. The van der Waals surface area contributed by atoms with Crippen LogP contribution in [0.2, 0.25) is 0 Å². The molecule has 47 heavy (non-hydrogen) atoms. The largest absolute Gasteiger partial charge is 0.434 e. The third-order valence-corrected chi connectivity index (χ3v) is 9.68. The first-order chi connectivity index (χ1) is 22.1. The molecule has 0 saturated carbocycles. The number of urea groups is 1. The van der Waals surface area contributed by atoms with Crippen molar-refractivity contribution >= 4 is 49.7 Å². The van der Waals surface area contributed by atoms with Crippen LogP contribution >= 0.6 is 11.3 Å². The van der Waals surface area contributed by atoms with Crippen LogP contribution in [0.25, 0.3) is 32.6 Å². The summed E-state index contributed by atoms with van der Waals surface area (Å²) in [5, 5.41) is 6.28. The SMILES string of the molecule is CCNC(=O)Nc1cc(-c2nc(C(F)(F)F)cs2)c(-c2ccc3c(c2)c(=O)c(C(C)=O)cn3C2CCCN(CCS(C)(=O)=O)C2)cn1. The third-order valence-electron chi connectivity index (χ3n) is 7.88. The van der Waals surface area contributed by atoms with Crippen LogP contribution in [0.5, 0.6) is 0 Å². The van der Waals surface area contributed by atoms with Crippen LogP contribution in [0.1, 0.15) is 48.8 Å². The fourth-order valence-corrected chi connectivity index (χ4v) is 7.06. The van der Waals surface area contributed by atoms with Crippen LogP contribution < -0.4 is 16.1 Å². The van der Waals surface area contributed by atoms with Gasteiger partial charge < -0.3 is 14.8 Å². The molecule has 1 aromatic carbocycles. The molecule has 0 radical (unpaired) electrons. The Morgan fingerprint density at radius 1 is 1.17 bits per heavy atom. The maximum atomic E-state index is 13.7. The number of piperidine rings is 1. The molecule has 1 saturated heterocycles. The van der Waals surface area contributed by atoms with Gasteiger partial charge in [0.15, 0.2) is 16.9 Å². The van der Waals surface area contributed by atoms with Crippen LogP contribution in [-0.4, -0.2) is 77.9 Å². The second-order valence-corrected chi connectivity index (χ2v) is 14.5. The molecule has 11 nitrogen and oxygen atoms in total. The van der Waals surface area contributed by atoms with Crippen LogP contribution in [0.4, 0.5) is 23.8 Å². The lowest BCUT2D eigenvalue weighted by Gasteiger charge is -2.34. The molecule has 250 valence electrons. The van der Waals surface area contributed by atoms with Crippen molar-refractivity contribution < 1.29 is 31.2 Å². The number of pyridine rings is 2. The molecule has 4 aromatic rings. The number of sulfone groups is 1. The molecule has 2 N–H and O–H groups in total. The highest BCUT2D eigenvalue weighted by atomic mass is 32.2. The number of nitrogens with one attached hydrogen (secondary N) is 2. The first-order valence-electron chi connectivity index (χ1n) is 14.8. The van der Waals surface area contributed by atoms with Crippen molar-refractivity contribution in [1.82, 2.24) is 24.8 Å². The molecule has 2 amide bonds. The summed E-state index contributed by atoms with van der Waals surface area (Å²) in [6, 6.07) is 5.74. The predicted molar refractivity (Wildman–Crippen MR) is 175 cm³/mol. The van der Waals surface area contributed by atoms with Gasteiger partial charge in [-0.2, -0.15) is 13.2 Å². The summed E-state index contributed by atoms with van der Waals surface area (Å²) in [5.41, 5.74) is 0.0330. The molecule has 1 aliphatic rings. The standard InChI is InChI=1S/C31H33F3N6O5S2/c1-4-35-30(43)38-27-13-21(29-37-26(17-46-29)31(32,33)34)23(14-36-27)19-7-8-25-22(12-19)28(42)24(18(2)41)16-40(25)20-6-5-9-39(15-20)10-11-47(3,44)45/h7-8,12-14,16-17,20H,4-6,9-11,15H2,1-3H3,(H2,35,36,38,43). The maximum absolute atomic E-state index is 13.7. The van der Waals surface area contributed by atoms with Gasteiger partial charge in [-0.15, -0.1) is 11.3 Å². The smallest absolute Gasteiger partial charge is 0.342 e. The number of anilines is 1. The van der Waals surface area contributed by atoms with Crippen molar-refractivity contribution in [1.29, 1.82) is 0 Å². The van der Waals surface area contributed by atoms with E-state index >= 15 is 0 Å². The fraction of sp³-hybridized carbons (Fsp3) is 0.387. The number of Topliss-reactive ketones (excluding diaryl/α,β-unsaturated/α-hetero) is 1. The quantitative estimate of drug-likeness (QED) is 0.227. The molecular formula is C31H33F3N6O5S2. The van der Waals surface area contributed by atoms with E-state index in [1.54, 1.807) is 31.3 Å². The summed E-state index contributed by atoms with van der Waals surface area (Å²) in [4.78, 5) is 48.6. The number of hydrogen-bond acceptors (Lipinski definition) is 9. The van der Waals surface area contributed by atoms with Crippen LogP contribution in [0, 0.1) is 0 Å². The summed E-state index contributed by atoms with van der Waals surface area (Å²) in [6.45, 7) is 4.98. The monoisotopic (exact) mass is 690 g/mol. The van der Waals surface area contributed by atoms with Crippen LogP contribution in [0.3, 0.4) is 0 Å². The summed E-state index contributed by atoms with van der Waals surface area (Å²) < 4.78 is 65.9. The fourth-order valence-electron chi connectivity index (χ4n) is 5.61. The summed E-state index contributed by atoms with van der Waals surface area (Å²) >= 11 is 0.776. The highest BCUT2D eigenvalue weighted by Gasteiger charge is 2.34. The van der Waals surface area contributed by atoms with Gasteiger partial charge in [0.2, 0.25) is 0 Å². The maximum Gasteiger partial charge on any atom is 0.434 e. The van der Waals surface area contributed by atoms with Crippen LogP contribution in [0.15, 0.2) is 46.8 Å². The zero-order valence-corrected chi connectivity index (χ0v) is 27.5. The summed E-state index contributed by atoms with van der Waals surface area (Å²) in [7, 11) is -3.16. The molecule has 1 fully saturated rings. The van der Waals surface area contributed by atoms with E-state index in [0.717, 1.165) is 36.1 Å². The number of amides is 2. The molecule has 16 heteroatoms. The zero-order chi connectivity index (χ0) is 34.1. The third kappa shape index (κ3) is 7.88. The van der Waals surface area contributed by atoms with E-state index in [9.17, 15) is 36.0 Å². The topological polar surface area (TPSA) is 143 Å².